The summed E-state index contributed by atoms with van der Waals surface area (Å²) < 4.78 is 5.87. The van der Waals surface area contributed by atoms with Gasteiger partial charge in [-0.25, -0.2) is 0 Å². The summed E-state index contributed by atoms with van der Waals surface area (Å²) in [6.45, 7) is 4.51. The Kier molecular flexibility index (Phi) is 4.46. The topological polar surface area (TPSA) is 29.5 Å². The molecule has 0 unspecified atom stereocenters. The van der Waals surface area contributed by atoms with Gasteiger partial charge in [0.1, 0.15) is 12.4 Å². The highest BCUT2D eigenvalue weighted by Gasteiger charge is 2.06. The molecular weight excluding hydrogens is 260 g/mol. The van der Waals surface area contributed by atoms with Gasteiger partial charge in [0.2, 0.25) is 0 Å². The molecule has 2 rings (SSSR count). The molecular formula is C16H17ClO2. The number of halogens is 1. The zero-order valence-corrected chi connectivity index (χ0v) is 11.9. The Hall–Kier alpha value is -1.51. The second kappa shape index (κ2) is 6.09. The molecule has 1 N–H and O–H groups in total. The molecule has 0 amide bonds. The third kappa shape index (κ3) is 3.49. The summed E-state index contributed by atoms with van der Waals surface area (Å²) in [5.41, 5.74) is 4.01. The van der Waals surface area contributed by atoms with Crippen LogP contribution in [0.2, 0.25) is 5.02 Å². The molecule has 0 aromatic heterocycles. The lowest BCUT2D eigenvalue weighted by Gasteiger charge is -2.13. The Balaban J connectivity index is 2.16. The lowest BCUT2D eigenvalue weighted by atomic mass is 10.1. The molecule has 19 heavy (non-hydrogen) atoms. The minimum atomic E-state index is 0.0518. The van der Waals surface area contributed by atoms with Crippen LogP contribution in [0.5, 0.6) is 5.75 Å². The van der Waals surface area contributed by atoms with Crippen LogP contribution in [0.1, 0.15) is 22.3 Å². The first-order valence-corrected chi connectivity index (χ1v) is 6.56. The average molecular weight is 277 g/mol. The van der Waals surface area contributed by atoms with Crippen LogP contribution in [0.25, 0.3) is 0 Å². The van der Waals surface area contributed by atoms with Crippen molar-refractivity contribution in [2.45, 2.75) is 27.1 Å². The van der Waals surface area contributed by atoms with Crippen molar-refractivity contribution in [3.8, 4) is 5.75 Å². The van der Waals surface area contributed by atoms with Crippen molar-refractivity contribution in [1.29, 1.82) is 0 Å². The number of benzene rings is 2. The maximum atomic E-state index is 9.16. The minimum Gasteiger partial charge on any atom is -0.488 e. The van der Waals surface area contributed by atoms with Gasteiger partial charge in [-0.3, -0.25) is 0 Å². The molecule has 0 radical (unpaired) electrons. The summed E-state index contributed by atoms with van der Waals surface area (Å²) in [5, 5.41) is 9.87. The summed E-state index contributed by atoms with van der Waals surface area (Å²) in [4.78, 5) is 0. The SMILES string of the molecule is Cc1cc(CO)cc(C)c1OCc1cccc(Cl)c1. The molecule has 100 valence electrons. The summed E-state index contributed by atoms with van der Waals surface area (Å²) in [5.74, 6) is 0.872. The summed E-state index contributed by atoms with van der Waals surface area (Å²) >= 11 is 5.95. The van der Waals surface area contributed by atoms with Gasteiger partial charge in [-0.1, -0.05) is 35.9 Å². The van der Waals surface area contributed by atoms with Gasteiger partial charge in [0.15, 0.2) is 0 Å². The lowest BCUT2D eigenvalue weighted by molar-refractivity contribution is 0.280. The van der Waals surface area contributed by atoms with Crippen LogP contribution < -0.4 is 4.74 Å². The quantitative estimate of drug-likeness (QED) is 0.914. The molecule has 0 aliphatic heterocycles. The fourth-order valence-electron chi connectivity index (χ4n) is 2.14. The van der Waals surface area contributed by atoms with Crippen LogP contribution in [-0.4, -0.2) is 5.11 Å². The lowest BCUT2D eigenvalue weighted by Crippen LogP contribution is -2.00. The van der Waals surface area contributed by atoms with Crippen molar-refractivity contribution in [1.82, 2.24) is 0 Å². The third-order valence-corrected chi connectivity index (χ3v) is 3.21. The Bertz CT molecular complexity index is 556. The molecule has 0 saturated heterocycles. The summed E-state index contributed by atoms with van der Waals surface area (Å²) in [6.07, 6.45) is 0. The van der Waals surface area contributed by atoms with Gasteiger partial charge >= 0.3 is 0 Å². The van der Waals surface area contributed by atoms with Crippen LogP contribution in [0, 0.1) is 13.8 Å². The Morgan fingerprint density at radius 3 is 2.32 bits per heavy atom. The molecule has 0 aliphatic rings. The van der Waals surface area contributed by atoms with Gasteiger partial charge in [0, 0.05) is 5.02 Å². The molecule has 0 heterocycles. The highest BCUT2D eigenvalue weighted by molar-refractivity contribution is 6.30. The van der Waals surface area contributed by atoms with Crippen molar-refractivity contribution in [2.75, 3.05) is 0 Å². The number of hydrogen-bond donors (Lipinski definition) is 1. The number of rotatable bonds is 4. The summed E-state index contributed by atoms with van der Waals surface area (Å²) in [7, 11) is 0. The van der Waals surface area contributed by atoms with Gasteiger partial charge in [-0.15, -0.1) is 0 Å². The Morgan fingerprint density at radius 2 is 1.74 bits per heavy atom. The van der Waals surface area contributed by atoms with Crippen molar-refractivity contribution in [3.63, 3.8) is 0 Å². The maximum absolute atomic E-state index is 9.16. The van der Waals surface area contributed by atoms with Crippen LogP contribution >= 0.6 is 11.6 Å². The van der Waals surface area contributed by atoms with E-state index in [9.17, 15) is 0 Å². The van der Waals surface area contributed by atoms with E-state index in [1.807, 2.05) is 50.2 Å². The highest BCUT2D eigenvalue weighted by Crippen LogP contribution is 2.26. The molecule has 0 saturated carbocycles. The van der Waals surface area contributed by atoms with Gasteiger partial charge in [0.05, 0.1) is 6.61 Å². The highest BCUT2D eigenvalue weighted by atomic mass is 35.5. The predicted octanol–water partition coefficient (Wildman–Crippen LogP) is 4.03. The van der Waals surface area contributed by atoms with E-state index in [-0.39, 0.29) is 6.61 Å². The number of aliphatic hydroxyl groups is 1. The number of hydrogen-bond acceptors (Lipinski definition) is 2. The van der Waals surface area contributed by atoms with Crippen molar-refractivity contribution in [2.24, 2.45) is 0 Å². The fraction of sp³-hybridized carbons (Fsp3) is 0.250. The number of ether oxygens (including phenoxy) is 1. The molecule has 0 fully saturated rings. The third-order valence-electron chi connectivity index (χ3n) is 2.97. The van der Waals surface area contributed by atoms with Crippen LogP contribution in [0.15, 0.2) is 36.4 Å². The van der Waals surface area contributed by atoms with Crippen molar-refractivity contribution < 1.29 is 9.84 Å². The predicted molar refractivity (Wildman–Crippen MR) is 77.6 cm³/mol. The van der Waals surface area contributed by atoms with Gasteiger partial charge in [-0.05, 0) is 48.2 Å². The van der Waals surface area contributed by atoms with E-state index in [0.717, 1.165) is 28.0 Å². The number of aliphatic hydroxyl groups excluding tert-OH is 1. The molecule has 3 heteroatoms. The van der Waals surface area contributed by atoms with E-state index in [0.29, 0.717) is 11.6 Å². The molecule has 2 aromatic rings. The van der Waals surface area contributed by atoms with E-state index in [1.54, 1.807) is 0 Å². The van der Waals surface area contributed by atoms with Crippen LogP contribution in [0.3, 0.4) is 0 Å². The number of aryl methyl sites for hydroxylation is 2. The van der Waals surface area contributed by atoms with E-state index in [1.165, 1.54) is 0 Å². The normalized spacial score (nSPS) is 10.5. The average Bonchev–Trinajstić information content (AvgIpc) is 2.37. The smallest absolute Gasteiger partial charge is 0.125 e. The molecule has 0 spiro atoms. The minimum absolute atomic E-state index is 0.0518. The second-order valence-corrected chi connectivity index (χ2v) is 5.07. The first kappa shape index (κ1) is 13.9. The second-order valence-electron chi connectivity index (χ2n) is 4.64. The van der Waals surface area contributed by atoms with Crippen LogP contribution in [-0.2, 0) is 13.2 Å². The van der Waals surface area contributed by atoms with Gasteiger partial charge < -0.3 is 9.84 Å². The zero-order valence-electron chi connectivity index (χ0n) is 11.1. The summed E-state index contributed by atoms with van der Waals surface area (Å²) in [6, 6.07) is 11.5. The molecule has 2 nitrogen and oxygen atoms in total. The van der Waals surface area contributed by atoms with E-state index in [4.69, 9.17) is 21.4 Å². The molecule has 2 aromatic carbocycles. The zero-order chi connectivity index (χ0) is 13.8. The standard InChI is InChI=1S/C16H17ClO2/c1-11-6-14(9-18)7-12(2)16(11)19-10-13-4-3-5-15(17)8-13/h3-8,18H,9-10H2,1-2H3. The monoisotopic (exact) mass is 276 g/mol. The van der Waals surface area contributed by atoms with Gasteiger partial charge in [-0.2, -0.15) is 0 Å². The molecule has 0 atom stereocenters. The van der Waals surface area contributed by atoms with Crippen molar-refractivity contribution >= 4 is 11.6 Å². The fourth-order valence-corrected chi connectivity index (χ4v) is 2.35. The van der Waals surface area contributed by atoms with Crippen molar-refractivity contribution in [3.05, 3.63) is 63.7 Å². The first-order valence-electron chi connectivity index (χ1n) is 6.18. The van der Waals surface area contributed by atoms with E-state index in [2.05, 4.69) is 0 Å². The van der Waals surface area contributed by atoms with Crippen LogP contribution in [0.4, 0.5) is 0 Å². The largest absolute Gasteiger partial charge is 0.488 e. The van der Waals surface area contributed by atoms with Gasteiger partial charge in [0.25, 0.3) is 0 Å². The molecule has 0 aliphatic carbocycles. The first-order chi connectivity index (χ1) is 9.10. The Labute approximate surface area is 118 Å². The van der Waals surface area contributed by atoms with E-state index < -0.39 is 0 Å². The van der Waals surface area contributed by atoms with E-state index >= 15 is 0 Å². The maximum Gasteiger partial charge on any atom is 0.125 e. The Morgan fingerprint density at radius 1 is 1.05 bits per heavy atom. The molecule has 0 bridgehead atoms.